The van der Waals surface area contributed by atoms with E-state index in [0.717, 1.165) is 12.3 Å². The van der Waals surface area contributed by atoms with Crippen LogP contribution in [0.1, 0.15) is 101 Å². The highest BCUT2D eigenvalue weighted by atomic mass is 19.1. The lowest BCUT2D eigenvalue weighted by atomic mass is 9.51. The number of fused-ring (bicyclic) bond motifs is 3. The van der Waals surface area contributed by atoms with Crippen LogP contribution in [0, 0.1) is 11.3 Å². The first-order valence-corrected chi connectivity index (χ1v) is 13.6. The van der Waals surface area contributed by atoms with Gasteiger partial charge >= 0.3 is 0 Å². The van der Waals surface area contributed by atoms with Crippen LogP contribution in [0.5, 0.6) is 0 Å². The van der Waals surface area contributed by atoms with E-state index in [0.29, 0.717) is 41.2 Å². The average Bonchev–Trinajstić information content (AvgIpc) is 3.67. The maximum absolute atomic E-state index is 12.8. The summed E-state index contributed by atoms with van der Waals surface area (Å²) in [7, 11) is 0. The number of aryl methyl sites for hydroxylation is 1. The van der Waals surface area contributed by atoms with Crippen molar-refractivity contribution in [1.82, 2.24) is 5.32 Å². The van der Waals surface area contributed by atoms with E-state index in [-0.39, 0.29) is 0 Å². The first-order valence-electron chi connectivity index (χ1n) is 13.6. The van der Waals surface area contributed by atoms with Crippen molar-refractivity contribution in [2.75, 3.05) is 6.54 Å². The molecule has 1 aromatic carbocycles. The molecule has 0 heterocycles. The fourth-order valence-corrected chi connectivity index (χ4v) is 7.46. The molecular formula is C30H43FN2. The normalized spacial score (nSPS) is 31.4. The molecule has 0 amide bonds. The van der Waals surface area contributed by atoms with Gasteiger partial charge in [0.05, 0.1) is 6.33 Å². The zero-order valence-electron chi connectivity index (χ0n) is 20.4. The third-order valence-electron chi connectivity index (χ3n) is 10.2. The van der Waals surface area contributed by atoms with E-state index in [1.54, 1.807) is 0 Å². The molecule has 6 rings (SSSR count). The van der Waals surface area contributed by atoms with E-state index in [9.17, 15) is 4.39 Å². The molecule has 0 spiro atoms. The molecule has 0 aromatic heterocycles. The molecule has 3 heteroatoms. The fraction of sp³-hybridized carbons (Fsp3) is 0.667. The van der Waals surface area contributed by atoms with Crippen molar-refractivity contribution in [3.05, 3.63) is 59.6 Å². The molecule has 5 fully saturated rings. The van der Waals surface area contributed by atoms with Gasteiger partial charge in [0.2, 0.25) is 0 Å². The molecule has 3 N–H and O–H groups in total. The van der Waals surface area contributed by atoms with Crippen LogP contribution in [0.2, 0.25) is 0 Å². The summed E-state index contributed by atoms with van der Waals surface area (Å²) in [5.41, 5.74) is 11.5. The first kappa shape index (κ1) is 23.1. The Morgan fingerprint density at radius 1 is 0.970 bits per heavy atom. The van der Waals surface area contributed by atoms with Gasteiger partial charge in [-0.05, 0) is 105 Å². The largest absolute Gasteiger partial charge is 0.383 e. The Hall–Kier alpha value is -1.61. The summed E-state index contributed by atoms with van der Waals surface area (Å²) in [6.07, 6.45) is 19.8. The number of benzene rings is 1. The number of hydrogen-bond donors (Lipinski definition) is 2. The molecule has 0 aliphatic heterocycles. The van der Waals surface area contributed by atoms with Gasteiger partial charge in [0, 0.05) is 23.2 Å². The van der Waals surface area contributed by atoms with Gasteiger partial charge in [0.15, 0.2) is 0 Å². The lowest BCUT2D eigenvalue weighted by Gasteiger charge is -2.55. The van der Waals surface area contributed by atoms with Gasteiger partial charge in [-0.1, -0.05) is 50.1 Å². The molecule has 2 nitrogen and oxygen atoms in total. The second-order valence-electron chi connectivity index (χ2n) is 11.8. The Labute approximate surface area is 200 Å². The van der Waals surface area contributed by atoms with E-state index in [4.69, 9.17) is 5.73 Å². The molecule has 5 aliphatic rings. The monoisotopic (exact) mass is 450 g/mol. The van der Waals surface area contributed by atoms with Crippen molar-refractivity contribution < 1.29 is 4.39 Å². The van der Waals surface area contributed by atoms with E-state index in [2.05, 4.69) is 36.2 Å². The lowest BCUT2D eigenvalue weighted by Crippen LogP contribution is -2.50. The molecule has 33 heavy (non-hydrogen) atoms. The van der Waals surface area contributed by atoms with Crippen LogP contribution in [-0.2, 0) is 11.8 Å². The van der Waals surface area contributed by atoms with E-state index in [1.807, 2.05) is 0 Å². The molecule has 180 valence electrons. The van der Waals surface area contributed by atoms with Crippen LogP contribution < -0.4 is 11.1 Å². The summed E-state index contributed by atoms with van der Waals surface area (Å²) >= 11 is 0. The summed E-state index contributed by atoms with van der Waals surface area (Å²) in [5, 5.41) is 4.08. The Morgan fingerprint density at radius 3 is 2.15 bits per heavy atom. The van der Waals surface area contributed by atoms with Gasteiger partial charge in [0.1, 0.15) is 0 Å². The maximum Gasteiger partial charge on any atom is 0.0871 e. The highest BCUT2D eigenvalue weighted by molar-refractivity contribution is 5.34. The number of nitrogens with one attached hydrogen (secondary N) is 1. The van der Waals surface area contributed by atoms with Crippen LogP contribution in [-0.4, -0.2) is 12.1 Å². The van der Waals surface area contributed by atoms with Crippen molar-refractivity contribution in [3.8, 4) is 0 Å². The summed E-state index contributed by atoms with van der Waals surface area (Å²) in [4.78, 5) is 0. The number of rotatable bonds is 9. The highest BCUT2D eigenvalue weighted by Crippen LogP contribution is 2.61. The predicted octanol–water partition coefficient (Wildman–Crippen LogP) is 7.24. The van der Waals surface area contributed by atoms with Gasteiger partial charge in [-0.2, -0.15) is 0 Å². The molecular weight excluding hydrogens is 407 g/mol. The van der Waals surface area contributed by atoms with Gasteiger partial charge in [-0.3, -0.25) is 0 Å². The van der Waals surface area contributed by atoms with Crippen LogP contribution in [0.3, 0.4) is 0 Å². The van der Waals surface area contributed by atoms with E-state index >= 15 is 0 Å². The number of halogens is 1. The lowest BCUT2D eigenvalue weighted by molar-refractivity contribution is 0.0602. The summed E-state index contributed by atoms with van der Waals surface area (Å²) in [6, 6.07) is 9.22. The standard InChI is InChI=1S/C30H43FN2/c1-23(33-30(19-20-30)27-5-3-2-4-6-27)28-13-16-29(17-14-28,18-15-28)26-11-9-24(10-12-26)7-8-25(21-31)22-32/h9-12,21,27,33H,1-8,13-20,22,32H2/b25-21-. The minimum atomic E-state index is 0.307. The second kappa shape index (κ2) is 9.21. The number of hydrogen-bond acceptors (Lipinski definition) is 2. The van der Waals surface area contributed by atoms with Crippen molar-refractivity contribution in [1.29, 1.82) is 0 Å². The molecule has 5 saturated carbocycles. The molecule has 2 bridgehead atoms. The zero-order valence-corrected chi connectivity index (χ0v) is 20.4. The number of nitrogens with two attached hydrogens (primary N) is 1. The highest BCUT2D eigenvalue weighted by Gasteiger charge is 2.54. The van der Waals surface area contributed by atoms with Crippen LogP contribution in [0.25, 0.3) is 0 Å². The van der Waals surface area contributed by atoms with Gasteiger partial charge < -0.3 is 11.1 Å². The van der Waals surface area contributed by atoms with Crippen LogP contribution in [0.4, 0.5) is 4.39 Å². The van der Waals surface area contributed by atoms with Crippen molar-refractivity contribution in [3.63, 3.8) is 0 Å². The minimum absolute atomic E-state index is 0.307. The van der Waals surface area contributed by atoms with Gasteiger partial charge in [0.25, 0.3) is 0 Å². The summed E-state index contributed by atoms with van der Waals surface area (Å²) in [6.45, 7) is 4.98. The second-order valence-corrected chi connectivity index (χ2v) is 11.8. The predicted molar refractivity (Wildman–Crippen MR) is 136 cm³/mol. The number of allylic oxidation sites excluding steroid dienone is 1. The van der Waals surface area contributed by atoms with Gasteiger partial charge in [-0.15, -0.1) is 0 Å². The Kier molecular flexibility index (Phi) is 6.46. The molecule has 0 saturated heterocycles. The topological polar surface area (TPSA) is 38.0 Å². The van der Waals surface area contributed by atoms with Crippen LogP contribution >= 0.6 is 0 Å². The SMILES string of the molecule is C=C(NC1(C2CCCCC2)CC1)C12CCC(c3ccc(CC/C(=C/F)CN)cc3)(CC1)CC2. The average molecular weight is 451 g/mol. The third-order valence-corrected chi connectivity index (χ3v) is 10.2. The molecule has 5 aliphatic carbocycles. The molecule has 0 unspecified atom stereocenters. The quantitative estimate of drug-likeness (QED) is 0.416. The Balaban J connectivity index is 1.20. The van der Waals surface area contributed by atoms with Gasteiger partial charge in [-0.25, -0.2) is 4.39 Å². The minimum Gasteiger partial charge on any atom is -0.383 e. The summed E-state index contributed by atoms with van der Waals surface area (Å²) in [5.74, 6) is 0.880. The smallest absolute Gasteiger partial charge is 0.0871 e. The third kappa shape index (κ3) is 4.43. The molecule has 0 radical (unpaired) electrons. The Morgan fingerprint density at radius 2 is 1.61 bits per heavy atom. The molecule has 0 atom stereocenters. The summed E-state index contributed by atoms with van der Waals surface area (Å²) < 4.78 is 12.8. The van der Waals surface area contributed by atoms with Crippen molar-refractivity contribution in [2.45, 2.75) is 107 Å². The fourth-order valence-electron chi connectivity index (χ4n) is 7.46. The Bertz CT molecular complexity index is 849. The van der Waals surface area contributed by atoms with Crippen molar-refractivity contribution in [2.24, 2.45) is 17.1 Å². The molecule has 1 aromatic rings. The zero-order chi connectivity index (χ0) is 22.9. The van der Waals surface area contributed by atoms with E-state index < -0.39 is 0 Å². The van der Waals surface area contributed by atoms with E-state index in [1.165, 1.54) is 100 Å². The van der Waals surface area contributed by atoms with Crippen molar-refractivity contribution >= 4 is 0 Å². The van der Waals surface area contributed by atoms with Crippen LogP contribution in [0.15, 0.2) is 48.4 Å². The maximum atomic E-state index is 12.8. The first-order chi connectivity index (χ1) is 16.0.